The molecule has 1 heterocycles. The van der Waals surface area contributed by atoms with E-state index in [0.29, 0.717) is 33.9 Å². The monoisotopic (exact) mass is 420 g/mol. The van der Waals surface area contributed by atoms with Gasteiger partial charge in [0, 0.05) is 18.6 Å². The molecule has 0 unspecified atom stereocenters. The molecule has 0 aliphatic heterocycles. The zero-order valence-electron chi connectivity index (χ0n) is 15.3. The van der Waals surface area contributed by atoms with Crippen molar-refractivity contribution in [3.05, 3.63) is 58.9 Å². The van der Waals surface area contributed by atoms with E-state index in [0.717, 1.165) is 5.56 Å². The first-order valence-corrected chi connectivity index (χ1v) is 9.70. The first-order chi connectivity index (χ1) is 13.5. The smallest absolute Gasteiger partial charge is 0.233 e. The number of nitrogens with zero attached hydrogens (tertiary/aromatic N) is 3. The van der Waals surface area contributed by atoms with E-state index in [2.05, 4.69) is 15.2 Å². The van der Waals surface area contributed by atoms with Crippen LogP contribution in [0, 0.1) is 5.82 Å². The molecular formula is C19H18ClFN4O2S. The Morgan fingerprint density at radius 1 is 1.29 bits per heavy atom. The molecule has 146 valence electrons. The Balaban J connectivity index is 1.60. The summed E-state index contributed by atoms with van der Waals surface area (Å²) in [5.41, 5.74) is 1.55. The number of thioether (sulfide) groups is 1. The second-order valence-corrected chi connectivity index (χ2v) is 7.36. The van der Waals surface area contributed by atoms with Crippen molar-refractivity contribution < 1.29 is 13.9 Å². The fourth-order valence-corrected chi connectivity index (χ4v) is 3.40. The fraction of sp³-hybridized carbons (Fsp3) is 0.211. The van der Waals surface area contributed by atoms with Crippen molar-refractivity contribution in [2.45, 2.75) is 11.7 Å². The van der Waals surface area contributed by atoms with E-state index < -0.39 is 0 Å². The molecule has 0 fully saturated rings. The highest BCUT2D eigenvalue weighted by molar-refractivity contribution is 7.99. The first kappa shape index (κ1) is 20.2. The SMILES string of the molecule is COc1ccc(Cl)cc1-c1nc(SCC(=O)N(C)Cc2ccc(F)cc2)n[nH]1. The van der Waals surface area contributed by atoms with Crippen LogP contribution in [0.25, 0.3) is 11.4 Å². The van der Waals surface area contributed by atoms with E-state index in [1.165, 1.54) is 23.9 Å². The van der Waals surface area contributed by atoms with Crippen LogP contribution in [-0.4, -0.2) is 45.9 Å². The van der Waals surface area contributed by atoms with Crippen molar-refractivity contribution in [2.75, 3.05) is 19.9 Å². The van der Waals surface area contributed by atoms with Crippen molar-refractivity contribution in [3.63, 3.8) is 0 Å². The summed E-state index contributed by atoms with van der Waals surface area (Å²) in [4.78, 5) is 18.3. The molecule has 9 heteroatoms. The standard InChI is InChI=1S/C19H18ClFN4O2S/c1-25(10-12-3-6-14(21)7-4-12)17(26)11-28-19-22-18(23-24-19)15-9-13(20)5-8-16(15)27-2/h3-9H,10-11H2,1-2H3,(H,22,23,24). The summed E-state index contributed by atoms with van der Waals surface area (Å²) in [5.74, 6) is 0.925. The molecule has 0 saturated carbocycles. The second kappa shape index (κ2) is 9.07. The van der Waals surface area contributed by atoms with Gasteiger partial charge in [-0.25, -0.2) is 9.37 Å². The Labute approximate surface area is 171 Å². The summed E-state index contributed by atoms with van der Waals surface area (Å²) in [5, 5.41) is 7.98. The molecule has 2 aromatic carbocycles. The van der Waals surface area contributed by atoms with E-state index in [4.69, 9.17) is 16.3 Å². The van der Waals surface area contributed by atoms with Gasteiger partial charge in [-0.15, -0.1) is 5.10 Å². The molecule has 0 bridgehead atoms. The van der Waals surface area contributed by atoms with E-state index in [9.17, 15) is 9.18 Å². The minimum absolute atomic E-state index is 0.0824. The van der Waals surface area contributed by atoms with Gasteiger partial charge < -0.3 is 9.64 Å². The molecule has 1 amide bonds. The number of hydrogen-bond donors (Lipinski definition) is 1. The first-order valence-electron chi connectivity index (χ1n) is 8.34. The molecule has 0 aliphatic carbocycles. The van der Waals surface area contributed by atoms with E-state index in [1.807, 2.05) is 0 Å². The minimum Gasteiger partial charge on any atom is -0.496 e. The third-order valence-electron chi connectivity index (χ3n) is 3.97. The van der Waals surface area contributed by atoms with Crippen molar-refractivity contribution in [2.24, 2.45) is 0 Å². The van der Waals surface area contributed by atoms with Gasteiger partial charge in [-0.05, 0) is 35.9 Å². The molecule has 0 spiro atoms. The molecule has 3 rings (SSSR count). The second-order valence-electron chi connectivity index (χ2n) is 5.98. The normalized spacial score (nSPS) is 10.7. The number of hydrogen-bond acceptors (Lipinski definition) is 5. The molecule has 0 radical (unpaired) electrons. The Hall–Kier alpha value is -2.58. The number of carbonyl (C=O) groups excluding carboxylic acids is 1. The van der Waals surface area contributed by atoms with Crippen LogP contribution in [0.1, 0.15) is 5.56 Å². The summed E-state index contributed by atoms with van der Waals surface area (Å²) in [6.45, 7) is 0.401. The summed E-state index contributed by atoms with van der Waals surface area (Å²) >= 11 is 7.27. The molecule has 1 N–H and O–H groups in total. The van der Waals surface area contributed by atoms with Crippen molar-refractivity contribution in [3.8, 4) is 17.1 Å². The van der Waals surface area contributed by atoms with E-state index in [-0.39, 0.29) is 17.5 Å². The van der Waals surface area contributed by atoms with Gasteiger partial charge in [0.2, 0.25) is 11.1 Å². The third kappa shape index (κ3) is 5.02. The van der Waals surface area contributed by atoms with Crippen LogP contribution >= 0.6 is 23.4 Å². The van der Waals surface area contributed by atoms with Crippen LogP contribution in [0.5, 0.6) is 5.75 Å². The van der Waals surface area contributed by atoms with Crippen molar-refractivity contribution in [1.29, 1.82) is 0 Å². The summed E-state index contributed by atoms with van der Waals surface area (Å²) in [6, 6.07) is 11.3. The Kier molecular flexibility index (Phi) is 6.53. The zero-order valence-corrected chi connectivity index (χ0v) is 16.9. The topological polar surface area (TPSA) is 71.1 Å². The van der Waals surface area contributed by atoms with Gasteiger partial charge in [-0.1, -0.05) is 35.5 Å². The van der Waals surface area contributed by atoms with Crippen LogP contribution in [0.4, 0.5) is 4.39 Å². The number of ether oxygens (including phenoxy) is 1. The van der Waals surface area contributed by atoms with Crippen LogP contribution < -0.4 is 4.74 Å². The van der Waals surface area contributed by atoms with E-state index in [1.54, 1.807) is 49.4 Å². The molecule has 6 nitrogen and oxygen atoms in total. The Bertz CT molecular complexity index is 965. The molecule has 3 aromatic rings. The largest absolute Gasteiger partial charge is 0.496 e. The summed E-state index contributed by atoms with van der Waals surface area (Å²) in [7, 11) is 3.26. The Morgan fingerprint density at radius 2 is 2.04 bits per heavy atom. The van der Waals surface area contributed by atoms with Gasteiger partial charge in [0.05, 0.1) is 18.4 Å². The number of aromatic nitrogens is 3. The number of methoxy groups -OCH3 is 1. The Morgan fingerprint density at radius 3 is 2.75 bits per heavy atom. The van der Waals surface area contributed by atoms with Gasteiger partial charge >= 0.3 is 0 Å². The highest BCUT2D eigenvalue weighted by Gasteiger charge is 2.15. The number of benzene rings is 2. The molecule has 0 saturated heterocycles. The zero-order chi connectivity index (χ0) is 20.1. The number of carbonyl (C=O) groups is 1. The maximum absolute atomic E-state index is 13.0. The van der Waals surface area contributed by atoms with Crippen molar-refractivity contribution >= 4 is 29.3 Å². The number of aromatic amines is 1. The summed E-state index contributed by atoms with van der Waals surface area (Å²) < 4.78 is 18.3. The average molecular weight is 421 g/mol. The van der Waals surface area contributed by atoms with Crippen LogP contribution in [0.3, 0.4) is 0 Å². The maximum Gasteiger partial charge on any atom is 0.233 e. The quantitative estimate of drug-likeness (QED) is 0.584. The predicted octanol–water partition coefficient (Wildman–Crippen LogP) is 4.02. The molecule has 0 atom stereocenters. The number of H-pyrrole nitrogens is 1. The lowest BCUT2D eigenvalue weighted by molar-refractivity contribution is -0.127. The van der Waals surface area contributed by atoms with Gasteiger partial charge in [-0.3, -0.25) is 9.89 Å². The number of amides is 1. The highest BCUT2D eigenvalue weighted by atomic mass is 35.5. The van der Waals surface area contributed by atoms with Crippen molar-refractivity contribution in [1.82, 2.24) is 20.1 Å². The highest BCUT2D eigenvalue weighted by Crippen LogP contribution is 2.31. The van der Waals surface area contributed by atoms with E-state index >= 15 is 0 Å². The molecule has 0 aliphatic rings. The average Bonchev–Trinajstić information content (AvgIpc) is 3.16. The number of halogens is 2. The van der Waals surface area contributed by atoms with Crippen LogP contribution in [0.15, 0.2) is 47.6 Å². The molecule has 28 heavy (non-hydrogen) atoms. The van der Waals surface area contributed by atoms with Gasteiger partial charge in [0.15, 0.2) is 5.82 Å². The lowest BCUT2D eigenvalue weighted by atomic mass is 10.2. The third-order valence-corrected chi connectivity index (χ3v) is 5.03. The van der Waals surface area contributed by atoms with Crippen LogP contribution in [-0.2, 0) is 11.3 Å². The molecule has 1 aromatic heterocycles. The lowest BCUT2D eigenvalue weighted by Crippen LogP contribution is -2.27. The lowest BCUT2D eigenvalue weighted by Gasteiger charge is -2.16. The van der Waals surface area contributed by atoms with Gasteiger partial charge in [-0.2, -0.15) is 0 Å². The maximum atomic E-state index is 13.0. The van der Waals surface area contributed by atoms with Gasteiger partial charge in [0.1, 0.15) is 11.6 Å². The fourth-order valence-electron chi connectivity index (χ4n) is 2.49. The summed E-state index contributed by atoms with van der Waals surface area (Å²) in [6.07, 6.45) is 0. The molecular weight excluding hydrogens is 403 g/mol. The van der Waals surface area contributed by atoms with Gasteiger partial charge in [0.25, 0.3) is 0 Å². The van der Waals surface area contributed by atoms with Crippen LogP contribution in [0.2, 0.25) is 5.02 Å². The minimum atomic E-state index is -0.301. The predicted molar refractivity (Wildman–Crippen MR) is 107 cm³/mol. The number of rotatable bonds is 7. The number of nitrogens with one attached hydrogen (secondary N) is 1.